The molecule has 0 fully saturated rings. The molecule has 100 valence electrons. The van der Waals surface area contributed by atoms with E-state index in [2.05, 4.69) is 60.5 Å². The molecule has 0 bridgehead atoms. The second-order valence-electron chi connectivity index (χ2n) is 4.86. The molecule has 1 aromatic heterocycles. The minimum atomic E-state index is 0.00219. The Kier molecular flexibility index (Phi) is 3.68. The summed E-state index contributed by atoms with van der Waals surface area (Å²) in [6.45, 7) is 3.79. The van der Waals surface area contributed by atoms with Crippen molar-refractivity contribution in [3.8, 4) is 11.1 Å². The summed E-state index contributed by atoms with van der Waals surface area (Å²) in [5, 5.41) is 3.53. The van der Waals surface area contributed by atoms with Crippen LogP contribution in [0.25, 0.3) is 21.2 Å². The van der Waals surface area contributed by atoms with E-state index in [1.807, 2.05) is 6.08 Å². The Morgan fingerprint density at radius 3 is 2.65 bits per heavy atom. The Balaban J connectivity index is 2.17. The molecule has 0 saturated heterocycles. The summed E-state index contributed by atoms with van der Waals surface area (Å²) >= 11 is 1.78. The highest BCUT2D eigenvalue weighted by Gasteiger charge is 2.13. The topological polar surface area (TPSA) is 26.0 Å². The fourth-order valence-electron chi connectivity index (χ4n) is 2.56. The molecule has 2 N–H and O–H groups in total. The van der Waals surface area contributed by atoms with Gasteiger partial charge in [-0.1, -0.05) is 48.5 Å². The number of fused-ring (bicyclic) bond motifs is 1. The van der Waals surface area contributed by atoms with Gasteiger partial charge in [-0.15, -0.1) is 17.9 Å². The Morgan fingerprint density at radius 2 is 1.80 bits per heavy atom. The van der Waals surface area contributed by atoms with E-state index in [4.69, 9.17) is 5.73 Å². The normalized spacial score (nSPS) is 12.4. The van der Waals surface area contributed by atoms with Crippen LogP contribution in [0, 0.1) is 0 Å². The van der Waals surface area contributed by atoms with Crippen molar-refractivity contribution in [3.05, 3.63) is 72.1 Å². The van der Waals surface area contributed by atoms with Gasteiger partial charge in [-0.3, -0.25) is 0 Å². The lowest BCUT2D eigenvalue weighted by Gasteiger charge is -2.14. The standard InChI is InChI=1S/C18H17NS/c1-2-7-17(19)14-9-4-3-8-13(14)16-12-20-18-11-6-5-10-15(16)18/h2-6,8-12,17H,1,7,19H2. The van der Waals surface area contributed by atoms with E-state index in [1.165, 1.54) is 26.8 Å². The molecule has 1 atom stereocenters. The van der Waals surface area contributed by atoms with E-state index in [1.54, 1.807) is 11.3 Å². The molecule has 1 nitrogen and oxygen atoms in total. The highest BCUT2D eigenvalue weighted by Crippen LogP contribution is 2.37. The molecule has 3 rings (SSSR count). The fourth-order valence-corrected chi connectivity index (χ4v) is 3.52. The number of hydrogen-bond donors (Lipinski definition) is 1. The molecule has 2 heteroatoms. The Bertz CT molecular complexity index is 742. The SMILES string of the molecule is C=CCC(N)c1ccccc1-c1csc2ccccc12. The molecule has 0 saturated carbocycles. The zero-order chi connectivity index (χ0) is 13.9. The van der Waals surface area contributed by atoms with Gasteiger partial charge in [0.05, 0.1) is 0 Å². The molecule has 0 amide bonds. The number of hydrogen-bond acceptors (Lipinski definition) is 2. The molecule has 0 aliphatic carbocycles. The number of nitrogens with two attached hydrogens (primary N) is 1. The first kappa shape index (κ1) is 13.1. The molecule has 0 spiro atoms. The summed E-state index contributed by atoms with van der Waals surface area (Å²) in [6.07, 6.45) is 2.67. The smallest absolute Gasteiger partial charge is 0.0349 e. The quantitative estimate of drug-likeness (QED) is 0.657. The lowest BCUT2D eigenvalue weighted by Crippen LogP contribution is -2.10. The summed E-state index contributed by atoms with van der Waals surface area (Å²) in [7, 11) is 0. The Morgan fingerprint density at radius 1 is 1.05 bits per heavy atom. The summed E-state index contributed by atoms with van der Waals surface area (Å²) < 4.78 is 1.31. The first-order valence-electron chi connectivity index (χ1n) is 6.73. The van der Waals surface area contributed by atoms with Gasteiger partial charge in [0, 0.05) is 21.7 Å². The van der Waals surface area contributed by atoms with Crippen LogP contribution < -0.4 is 5.73 Å². The third kappa shape index (κ3) is 2.28. The molecule has 0 aliphatic rings. The van der Waals surface area contributed by atoms with Crippen molar-refractivity contribution in [1.82, 2.24) is 0 Å². The lowest BCUT2D eigenvalue weighted by atomic mass is 9.93. The van der Waals surface area contributed by atoms with Crippen molar-refractivity contribution >= 4 is 21.4 Å². The monoisotopic (exact) mass is 279 g/mol. The third-order valence-corrected chi connectivity index (χ3v) is 4.52. The molecule has 0 radical (unpaired) electrons. The van der Waals surface area contributed by atoms with Crippen LogP contribution in [0.4, 0.5) is 0 Å². The van der Waals surface area contributed by atoms with Crippen LogP contribution in [0.5, 0.6) is 0 Å². The van der Waals surface area contributed by atoms with Crippen molar-refractivity contribution in [2.24, 2.45) is 5.73 Å². The van der Waals surface area contributed by atoms with Crippen molar-refractivity contribution in [1.29, 1.82) is 0 Å². The molecule has 1 heterocycles. The van der Waals surface area contributed by atoms with Gasteiger partial charge < -0.3 is 5.73 Å². The van der Waals surface area contributed by atoms with E-state index in [9.17, 15) is 0 Å². The van der Waals surface area contributed by atoms with E-state index in [0.717, 1.165) is 6.42 Å². The van der Waals surface area contributed by atoms with Gasteiger partial charge in [0.25, 0.3) is 0 Å². The first-order valence-corrected chi connectivity index (χ1v) is 7.61. The largest absolute Gasteiger partial charge is 0.324 e. The van der Waals surface area contributed by atoms with Gasteiger partial charge >= 0.3 is 0 Å². The van der Waals surface area contributed by atoms with Crippen LogP contribution >= 0.6 is 11.3 Å². The minimum absolute atomic E-state index is 0.00219. The summed E-state index contributed by atoms with van der Waals surface area (Å²) in [5.74, 6) is 0. The second-order valence-corrected chi connectivity index (χ2v) is 5.77. The molecular weight excluding hydrogens is 262 g/mol. The average Bonchev–Trinajstić information content (AvgIpc) is 2.91. The predicted molar refractivity (Wildman–Crippen MR) is 89.0 cm³/mol. The zero-order valence-electron chi connectivity index (χ0n) is 11.3. The zero-order valence-corrected chi connectivity index (χ0v) is 12.1. The molecule has 0 aliphatic heterocycles. The van der Waals surface area contributed by atoms with Gasteiger partial charge in [-0.2, -0.15) is 0 Å². The molecule has 3 aromatic rings. The predicted octanol–water partition coefficient (Wildman–Crippen LogP) is 5.14. The van der Waals surface area contributed by atoms with Crippen LogP contribution in [-0.4, -0.2) is 0 Å². The van der Waals surface area contributed by atoms with Crippen LogP contribution in [0.15, 0.2) is 66.6 Å². The Hall–Kier alpha value is -1.90. The highest BCUT2D eigenvalue weighted by atomic mass is 32.1. The van der Waals surface area contributed by atoms with Gasteiger partial charge in [0.1, 0.15) is 0 Å². The maximum absolute atomic E-state index is 6.29. The summed E-state index contributed by atoms with van der Waals surface area (Å²) in [5.41, 5.74) is 9.99. The number of benzene rings is 2. The van der Waals surface area contributed by atoms with Crippen LogP contribution in [0.2, 0.25) is 0 Å². The highest BCUT2D eigenvalue weighted by molar-refractivity contribution is 7.17. The van der Waals surface area contributed by atoms with Crippen molar-refractivity contribution in [2.75, 3.05) is 0 Å². The van der Waals surface area contributed by atoms with Crippen molar-refractivity contribution < 1.29 is 0 Å². The van der Waals surface area contributed by atoms with Gasteiger partial charge in [0.15, 0.2) is 0 Å². The van der Waals surface area contributed by atoms with Crippen LogP contribution in [-0.2, 0) is 0 Å². The summed E-state index contributed by atoms with van der Waals surface area (Å²) in [6, 6.07) is 16.9. The van der Waals surface area contributed by atoms with E-state index in [-0.39, 0.29) is 6.04 Å². The van der Waals surface area contributed by atoms with E-state index >= 15 is 0 Å². The van der Waals surface area contributed by atoms with Crippen LogP contribution in [0.1, 0.15) is 18.0 Å². The van der Waals surface area contributed by atoms with Gasteiger partial charge in [-0.25, -0.2) is 0 Å². The van der Waals surface area contributed by atoms with E-state index < -0.39 is 0 Å². The lowest BCUT2D eigenvalue weighted by molar-refractivity contribution is 0.744. The molecule has 2 aromatic carbocycles. The molecule has 20 heavy (non-hydrogen) atoms. The number of thiophene rings is 1. The summed E-state index contributed by atoms with van der Waals surface area (Å²) in [4.78, 5) is 0. The Labute approximate surface area is 123 Å². The van der Waals surface area contributed by atoms with Crippen LogP contribution in [0.3, 0.4) is 0 Å². The first-order chi connectivity index (χ1) is 9.81. The second kappa shape index (κ2) is 5.61. The van der Waals surface area contributed by atoms with Gasteiger partial charge in [-0.05, 0) is 29.0 Å². The fraction of sp³-hybridized carbons (Fsp3) is 0.111. The maximum Gasteiger partial charge on any atom is 0.0349 e. The molecule has 1 unspecified atom stereocenters. The van der Waals surface area contributed by atoms with Crippen molar-refractivity contribution in [3.63, 3.8) is 0 Å². The third-order valence-electron chi connectivity index (χ3n) is 3.55. The number of rotatable bonds is 4. The maximum atomic E-state index is 6.29. The van der Waals surface area contributed by atoms with E-state index in [0.29, 0.717) is 0 Å². The van der Waals surface area contributed by atoms with Gasteiger partial charge in [0.2, 0.25) is 0 Å². The average molecular weight is 279 g/mol. The van der Waals surface area contributed by atoms with Crippen molar-refractivity contribution in [2.45, 2.75) is 12.5 Å². The molecular formula is C18H17NS. The minimum Gasteiger partial charge on any atom is -0.324 e.